The number of nitrogens with one attached hydrogen (secondary N) is 1. The zero-order valence-corrected chi connectivity index (χ0v) is 16.5. The summed E-state index contributed by atoms with van der Waals surface area (Å²) in [4.78, 5) is 38.4. The van der Waals surface area contributed by atoms with Crippen molar-refractivity contribution in [2.24, 2.45) is 0 Å². The Balaban J connectivity index is 1.60. The number of imide groups is 1. The second kappa shape index (κ2) is 8.95. The maximum atomic E-state index is 12.5. The summed E-state index contributed by atoms with van der Waals surface area (Å²) >= 11 is 6.73. The number of ether oxygens (including phenoxy) is 1. The summed E-state index contributed by atoms with van der Waals surface area (Å²) < 4.78 is 5.16. The Kier molecular flexibility index (Phi) is 6.38. The molecule has 0 bridgehead atoms. The van der Waals surface area contributed by atoms with Crippen LogP contribution >= 0.6 is 23.4 Å². The maximum Gasteiger partial charge on any atom is 0.293 e. The quantitative estimate of drug-likeness (QED) is 0.724. The summed E-state index contributed by atoms with van der Waals surface area (Å²) in [5.74, 6) is -0.255. The van der Waals surface area contributed by atoms with E-state index >= 15 is 0 Å². The minimum Gasteiger partial charge on any atom is -0.496 e. The highest BCUT2D eigenvalue weighted by molar-refractivity contribution is 8.18. The van der Waals surface area contributed by atoms with Crippen molar-refractivity contribution >= 4 is 46.5 Å². The van der Waals surface area contributed by atoms with Crippen LogP contribution < -0.4 is 10.1 Å². The lowest BCUT2D eigenvalue weighted by Crippen LogP contribution is -2.37. The van der Waals surface area contributed by atoms with Crippen LogP contribution in [0.2, 0.25) is 5.02 Å². The molecular formula is C20H17ClN2O4S. The molecule has 1 aliphatic rings. The minimum absolute atomic E-state index is 0.0868. The number of rotatable bonds is 6. The number of nitrogens with zero attached hydrogens (tertiary/aromatic N) is 1. The molecule has 0 saturated carbocycles. The van der Waals surface area contributed by atoms with Crippen molar-refractivity contribution in [3.05, 3.63) is 69.6 Å². The lowest BCUT2D eigenvalue weighted by molar-refractivity contribution is -0.122. The Morgan fingerprint density at radius 2 is 1.89 bits per heavy atom. The third-order valence-corrected chi connectivity index (χ3v) is 5.17. The average Bonchev–Trinajstić information content (AvgIpc) is 2.96. The van der Waals surface area contributed by atoms with E-state index in [1.807, 2.05) is 0 Å². The highest BCUT2D eigenvalue weighted by Crippen LogP contribution is 2.32. The first kappa shape index (κ1) is 20.0. The van der Waals surface area contributed by atoms with Crippen molar-refractivity contribution < 1.29 is 19.1 Å². The summed E-state index contributed by atoms with van der Waals surface area (Å²) in [6.45, 7) is 0.229. The molecule has 8 heteroatoms. The first-order chi connectivity index (χ1) is 13.5. The molecule has 1 heterocycles. The number of halogens is 1. The smallest absolute Gasteiger partial charge is 0.293 e. The van der Waals surface area contributed by atoms with E-state index in [2.05, 4.69) is 5.32 Å². The van der Waals surface area contributed by atoms with E-state index in [1.54, 1.807) is 54.6 Å². The molecule has 1 aliphatic heterocycles. The molecule has 6 nitrogen and oxygen atoms in total. The summed E-state index contributed by atoms with van der Waals surface area (Å²) in [7, 11) is 1.49. The van der Waals surface area contributed by atoms with Gasteiger partial charge in [0.25, 0.3) is 17.1 Å². The zero-order valence-electron chi connectivity index (χ0n) is 15.0. The Labute approximate surface area is 171 Å². The highest BCUT2D eigenvalue weighted by atomic mass is 35.5. The second-order valence-electron chi connectivity index (χ2n) is 5.84. The Morgan fingerprint density at radius 1 is 1.18 bits per heavy atom. The van der Waals surface area contributed by atoms with Crippen LogP contribution in [0.25, 0.3) is 6.08 Å². The normalized spacial score (nSPS) is 15.2. The number of methoxy groups -OCH3 is 1. The van der Waals surface area contributed by atoms with Crippen molar-refractivity contribution in [2.75, 3.05) is 20.2 Å². The van der Waals surface area contributed by atoms with Crippen LogP contribution in [-0.4, -0.2) is 42.2 Å². The number of carbonyl (C=O) groups excluding carboxylic acids is 3. The van der Waals surface area contributed by atoms with Crippen molar-refractivity contribution in [1.29, 1.82) is 0 Å². The van der Waals surface area contributed by atoms with E-state index in [4.69, 9.17) is 16.3 Å². The molecule has 0 unspecified atom stereocenters. The van der Waals surface area contributed by atoms with Crippen LogP contribution in [0.3, 0.4) is 0 Å². The van der Waals surface area contributed by atoms with E-state index in [0.717, 1.165) is 22.2 Å². The molecular weight excluding hydrogens is 400 g/mol. The zero-order chi connectivity index (χ0) is 20.1. The van der Waals surface area contributed by atoms with Gasteiger partial charge in [0.1, 0.15) is 5.75 Å². The van der Waals surface area contributed by atoms with Gasteiger partial charge in [0, 0.05) is 18.1 Å². The molecule has 3 rings (SSSR count). The van der Waals surface area contributed by atoms with Gasteiger partial charge in [0.15, 0.2) is 0 Å². The van der Waals surface area contributed by atoms with Crippen molar-refractivity contribution in [3.63, 3.8) is 0 Å². The molecule has 1 saturated heterocycles. The van der Waals surface area contributed by atoms with Gasteiger partial charge in [-0.25, -0.2) is 0 Å². The van der Waals surface area contributed by atoms with Gasteiger partial charge in [0.2, 0.25) is 0 Å². The van der Waals surface area contributed by atoms with E-state index in [1.165, 1.54) is 7.11 Å². The lowest BCUT2D eigenvalue weighted by atomic mass is 10.2. The highest BCUT2D eigenvalue weighted by Gasteiger charge is 2.34. The van der Waals surface area contributed by atoms with Gasteiger partial charge < -0.3 is 10.1 Å². The van der Waals surface area contributed by atoms with E-state index in [9.17, 15) is 14.4 Å². The van der Waals surface area contributed by atoms with Crippen molar-refractivity contribution in [3.8, 4) is 5.75 Å². The van der Waals surface area contributed by atoms with Crippen LogP contribution in [0.5, 0.6) is 5.75 Å². The van der Waals surface area contributed by atoms with Gasteiger partial charge >= 0.3 is 0 Å². The lowest BCUT2D eigenvalue weighted by Gasteiger charge is -2.13. The molecule has 2 aromatic carbocycles. The van der Waals surface area contributed by atoms with E-state index < -0.39 is 0 Å². The van der Waals surface area contributed by atoms with Gasteiger partial charge in [-0.1, -0.05) is 35.9 Å². The number of hydrogen-bond acceptors (Lipinski definition) is 5. The Hall–Kier alpha value is -2.77. The molecule has 0 spiro atoms. The fraction of sp³-hybridized carbons (Fsp3) is 0.150. The van der Waals surface area contributed by atoms with Crippen LogP contribution in [-0.2, 0) is 4.79 Å². The maximum absolute atomic E-state index is 12.5. The number of benzene rings is 2. The Morgan fingerprint density at radius 3 is 2.61 bits per heavy atom. The second-order valence-corrected chi connectivity index (χ2v) is 7.27. The largest absolute Gasteiger partial charge is 0.496 e. The molecule has 1 N–H and O–H groups in total. The van der Waals surface area contributed by atoms with Crippen molar-refractivity contribution in [2.45, 2.75) is 0 Å². The number of hydrogen-bond donors (Lipinski definition) is 1. The van der Waals surface area contributed by atoms with Crippen LogP contribution in [0.15, 0.2) is 53.4 Å². The molecule has 3 amide bonds. The topological polar surface area (TPSA) is 75.7 Å². The molecule has 28 heavy (non-hydrogen) atoms. The first-order valence-electron chi connectivity index (χ1n) is 8.42. The summed E-state index contributed by atoms with van der Waals surface area (Å²) in [6.07, 6.45) is 1.65. The SMILES string of the molecule is COc1ccccc1C(=O)NCCN1C(=O)S/C(=C\c2ccc(Cl)cc2)C1=O. The monoisotopic (exact) mass is 416 g/mol. The predicted molar refractivity (Wildman–Crippen MR) is 109 cm³/mol. The molecule has 0 aliphatic carbocycles. The van der Waals surface area contributed by atoms with Gasteiger partial charge in [-0.3, -0.25) is 19.3 Å². The molecule has 1 fully saturated rings. The fourth-order valence-electron chi connectivity index (χ4n) is 2.61. The molecule has 0 atom stereocenters. The van der Waals surface area contributed by atoms with Gasteiger partial charge in [-0.05, 0) is 47.7 Å². The summed E-state index contributed by atoms with van der Waals surface area (Å²) in [5, 5.41) is 2.93. The van der Waals surface area contributed by atoms with Gasteiger partial charge in [0.05, 0.1) is 17.6 Å². The number of thioether (sulfide) groups is 1. The average molecular weight is 417 g/mol. The third kappa shape index (κ3) is 4.55. The standard InChI is InChI=1S/C20H17ClN2O4S/c1-27-16-5-3-2-4-15(16)18(24)22-10-11-23-19(25)17(28-20(23)26)12-13-6-8-14(21)9-7-13/h2-9,12H,10-11H2,1H3,(H,22,24)/b17-12-. The van der Waals surface area contributed by atoms with E-state index in [0.29, 0.717) is 21.2 Å². The minimum atomic E-state index is -0.378. The van der Waals surface area contributed by atoms with Crippen LogP contribution in [0.4, 0.5) is 4.79 Å². The van der Waals surface area contributed by atoms with E-state index in [-0.39, 0.29) is 30.1 Å². The van der Waals surface area contributed by atoms with Gasteiger partial charge in [-0.15, -0.1) is 0 Å². The number of carbonyl (C=O) groups is 3. The number of amides is 3. The molecule has 2 aromatic rings. The van der Waals surface area contributed by atoms with Crippen molar-refractivity contribution in [1.82, 2.24) is 10.2 Å². The fourth-order valence-corrected chi connectivity index (χ4v) is 3.60. The first-order valence-corrected chi connectivity index (χ1v) is 9.61. The van der Waals surface area contributed by atoms with Gasteiger partial charge in [-0.2, -0.15) is 0 Å². The molecule has 144 valence electrons. The van der Waals surface area contributed by atoms with Crippen LogP contribution in [0.1, 0.15) is 15.9 Å². The predicted octanol–water partition coefficient (Wildman–Crippen LogP) is 3.81. The van der Waals surface area contributed by atoms with Crippen LogP contribution in [0, 0.1) is 0 Å². The Bertz CT molecular complexity index is 943. The molecule has 0 aromatic heterocycles. The number of para-hydroxylation sites is 1. The molecule has 0 radical (unpaired) electrons. The summed E-state index contributed by atoms with van der Waals surface area (Å²) in [5.41, 5.74) is 1.17. The third-order valence-electron chi connectivity index (χ3n) is 4.01. The summed E-state index contributed by atoms with van der Waals surface area (Å²) in [6, 6.07) is 13.8.